The molecule has 136 valence electrons. The zero-order chi connectivity index (χ0) is 18.6. The molecule has 0 saturated carbocycles. The van der Waals surface area contributed by atoms with Crippen molar-refractivity contribution in [3.63, 3.8) is 0 Å². The first-order valence-corrected chi connectivity index (χ1v) is 8.69. The molecule has 2 amide bonds. The highest BCUT2D eigenvalue weighted by Gasteiger charge is 2.33. The lowest BCUT2D eigenvalue weighted by Crippen LogP contribution is -2.39. The Kier molecular flexibility index (Phi) is 4.61. The van der Waals surface area contributed by atoms with Crippen molar-refractivity contribution in [1.82, 2.24) is 24.6 Å². The van der Waals surface area contributed by atoms with E-state index in [1.165, 1.54) is 6.33 Å². The highest BCUT2D eigenvalue weighted by molar-refractivity contribution is 6.39. The van der Waals surface area contributed by atoms with Gasteiger partial charge in [0.2, 0.25) is 0 Å². The molecular formula is C19H18N6O2. The van der Waals surface area contributed by atoms with E-state index in [1.54, 1.807) is 52.6 Å². The van der Waals surface area contributed by atoms with E-state index in [9.17, 15) is 9.59 Å². The van der Waals surface area contributed by atoms with Crippen LogP contribution in [0.1, 0.15) is 24.4 Å². The first-order valence-electron chi connectivity index (χ1n) is 8.69. The Hall–Kier alpha value is -3.55. The summed E-state index contributed by atoms with van der Waals surface area (Å²) >= 11 is 0. The van der Waals surface area contributed by atoms with Gasteiger partial charge in [0.1, 0.15) is 12.7 Å². The van der Waals surface area contributed by atoms with Gasteiger partial charge in [-0.2, -0.15) is 5.10 Å². The van der Waals surface area contributed by atoms with Crippen molar-refractivity contribution in [1.29, 1.82) is 0 Å². The Morgan fingerprint density at radius 3 is 2.52 bits per heavy atom. The molecule has 3 aromatic rings. The largest absolute Gasteiger partial charge is 0.327 e. The Morgan fingerprint density at radius 1 is 1.04 bits per heavy atom. The number of pyridine rings is 1. The molecule has 1 unspecified atom stereocenters. The number of anilines is 1. The third-order valence-electron chi connectivity index (χ3n) is 4.61. The lowest BCUT2D eigenvalue weighted by atomic mass is 10.1. The van der Waals surface area contributed by atoms with Gasteiger partial charge in [0, 0.05) is 24.6 Å². The van der Waals surface area contributed by atoms with E-state index in [1.807, 2.05) is 12.1 Å². The van der Waals surface area contributed by atoms with Gasteiger partial charge < -0.3 is 10.2 Å². The number of benzene rings is 1. The Labute approximate surface area is 155 Å². The maximum absolute atomic E-state index is 12.7. The van der Waals surface area contributed by atoms with E-state index in [0.29, 0.717) is 12.2 Å². The number of carbonyl (C=O) groups excluding carboxylic acids is 2. The van der Waals surface area contributed by atoms with Crippen LogP contribution in [0.3, 0.4) is 0 Å². The van der Waals surface area contributed by atoms with Gasteiger partial charge in [-0.1, -0.05) is 0 Å². The SMILES string of the molecule is O=C(Nc1ccc(-n2cncn2)cc1)C(=O)N1CCCC1c1ccncc1. The second-order valence-electron chi connectivity index (χ2n) is 6.28. The number of hydrogen-bond acceptors (Lipinski definition) is 5. The van der Waals surface area contributed by atoms with Gasteiger partial charge in [0.05, 0.1) is 11.7 Å². The minimum absolute atomic E-state index is 0.0825. The van der Waals surface area contributed by atoms with Crippen molar-refractivity contribution in [2.75, 3.05) is 11.9 Å². The summed E-state index contributed by atoms with van der Waals surface area (Å²) in [7, 11) is 0. The number of amides is 2. The highest BCUT2D eigenvalue weighted by Crippen LogP contribution is 2.31. The first-order chi connectivity index (χ1) is 13.2. The molecule has 8 nitrogen and oxygen atoms in total. The predicted octanol–water partition coefficient (Wildman–Crippen LogP) is 1.96. The molecule has 1 N–H and O–H groups in total. The van der Waals surface area contributed by atoms with Crippen LogP contribution < -0.4 is 5.32 Å². The summed E-state index contributed by atoms with van der Waals surface area (Å²) in [4.78, 5) is 34.7. The normalized spacial score (nSPS) is 16.3. The van der Waals surface area contributed by atoms with Crippen LogP contribution in [0.4, 0.5) is 5.69 Å². The molecule has 1 aliphatic rings. The van der Waals surface area contributed by atoms with Crippen molar-refractivity contribution in [3.05, 3.63) is 67.0 Å². The van der Waals surface area contributed by atoms with Gasteiger partial charge in [0.15, 0.2) is 0 Å². The van der Waals surface area contributed by atoms with Crippen LogP contribution in [-0.4, -0.2) is 43.0 Å². The molecule has 0 bridgehead atoms. The number of aromatic nitrogens is 4. The van der Waals surface area contributed by atoms with Crippen LogP contribution in [0.15, 0.2) is 61.4 Å². The lowest BCUT2D eigenvalue weighted by Gasteiger charge is -2.24. The third-order valence-corrected chi connectivity index (χ3v) is 4.61. The monoisotopic (exact) mass is 362 g/mol. The van der Waals surface area contributed by atoms with Gasteiger partial charge in [-0.25, -0.2) is 9.67 Å². The minimum Gasteiger partial charge on any atom is -0.327 e. The predicted molar refractivity (Wildman–Crippen MR) is 97.9 cm³/mol. The summed E-state index contributed by atoms with van der Waals surface area (Å²) in [6, 6.07) is 10.7. The number of hydrogen-bond donors (Lipinski definition) is 1. The van der Waals surface area contributed by atoms with E-state index in [2.05, 4.69) is 20.4 Å². The van der Waals surface area contributed by atoms with Gasteiger partial charge in [-0.15, -0.1) is 0 Å². The summed E-state index contributed by atoms with van der Waals surface area (Å²) < 4.78 is 1.61. The van der Waals surface area contributed by atoms with Crippen LogP contribution in [-0.2, 0) is 9.59 Å². The third kappa shape index (κ3) is 3.55. The summed E-state index contributed by atoms with van der Waals surface area (Å²) in [5.74, 6) is -1.15. The second-order valence-corrected chi connectivity index (χ2v) is 6.28. The van der Waals surface area contributed by atoms with Crippen molar-refractivity contribution >= 4 is 17.5 Å². The van der Waals surface area contributed by atoms with Crippen LogP contribution in [0, 0.1) is 0 Å². The number of likely N-dealkylation sites (tertiary alicyclic amines) is 1. The van der Waals surface area contributed by atoms with Crippen molar-refractivity contribution in [2.45, 2.75) is 18.9 Å². The van der Waals surface area contributed by atoms with E-state index in [-0.39, 0.29) is 6.04 Å². The van der Waals surface area contributed by atoms with E-state index in [0.717, 1.165) is 24.1 Å². The molecule has 8 heteroatoms. The van der Waals surface area contributed by atoms with Crippen LogP contribution >= 0.6 is 0 Å². The zero-order valence-electron chi connectivity index (χ0n) is 14.5. The molecule has 2 aromatic heterocycles. The molecule has 0 aliphatic carbocycles. The molecule has 27 heavy (non-hydrogen) atoms. The van der Waals surface area contributed by atoms with Crippen LogP contribution in [0.25, 0.3) is 5.69 Å². The van der Waals surface area contributed by atoms with Crippen molar-refractivity contribution < 1.29 is 9.59 Å². The standard InChI is InChI=1S/C19H18N6O2/c26-18(23-15-3-5-16(6-4-15)25-13-21-12-22-25)19(27)24-11-1-2-17(24)14-7-9-20-10-8-14/h3-10,12-13,17H,1-2,11H2,(H,23,26). The van der Waals surface area contributed by atoms with Gasteiger partial charge in [0.25, 0.3) is 0 Å². The number of nitrogens with zero attached hydrogens (tertiary/aromatic N) is 5. The quantitative estimate of drug-likeness (QED) is 0.719. The molecule has 1 saturated heterocycles. The van der Waals surface area contributed by atoms with E-state index < -0.39 is 11.8 Å². The maximum atomic E-state index is 12.7. The summed E-state index contributed by atoms with van der Waals surface area (Å²) in [6.07, 6.45) is 8.15. The minimum atomic E-state index is -0.635. The average molecular weight is 362 g/mol. The fourth-order valence-electron chi connectivity index (χ4n) is 3.30. The molecule has 3 heterocycles. The van der Waals surface area contributed by atoms with E-state index in [4.69, 9.17) is 0 Å². The Morgan fingerprint density at radius 2 is 1.81 bits per heavy atom. The second kappa shape index (κ2) is 7.36. The molecular weight excluding hydrogens is 344 g/mol. The van der Waals surface area contributed by atoms with Gasteiger partial charge >= 0.3 is 11.8 Å². The topological polar surface area (TPSA) is 93.0 Å². The number of rotatable bonds is 3. The number of carbonyl (C=O) groups is 2. The van der Waals surface area contributed by atoms with Crippen LogP contribution in [0.5, 0.6) is 0 Å². The summed E-state index contributed by atoms with van der Waals surface area (Å²) in [6.45, 7) is 0.574. The molecule has 1 aromatic carbocycles. The molecule has 1 atom stereocenters. The smallest absolute Gasteiger partial charge is 0.313 e. The molecule has 4 rings (SSSR count). The first kappa shape index (κ1) is 16.9. The molecule has 1 fully saturated rings. The summed E-state index contributed by atoms with van der Waals surface area (Å²) in [5.41, 5.74) is 2.37. The Balaban J connectivity index is 1.44. The van der Waals surface area contributed by atoms with Gasteiger partial charge in [-0.3, -0.25) is 14.6 Å². The van der Waals surface area contributed by atoms with Crippen molar-refractivity contribution in [3.8, 4) is 5.69 Å². The zero-order valence-corrected chi connectivity index (χ0v) is 14.5. The van der Waals surface area contributed by atoms with E-state index >= 15 is 0 Å². The average Bonchev–Trinajstić information content (AvgIpc) is 3.41. The molecule has 0 spiro atoms. The Bertz CT molecular complexity index is 925. The highest BCUT2D eigenvalue weighted by atomic mass is 16.2. The molecule has 0 radical (unpaired) electrons. The van der Waals surface area contributed by atoms with Crippen molar-refractivity contribution in [2.24, 2.45) is 0 Å². The lowest BCUT2D eigenvalue weighted by molar-refractivity contribution is -0.143. The summed E-state index contributed by atoms with van der Waals surface area (Å²) in [5, 5.41) is 6.72. The molecule has 1 aliphatic heterocycles. The fraction of sp³-hybridized carbons (Fsp3) is 0.211. The fourth-order valence-corrected chi connectivity index (χ4v) is 3.30. The van der Waals surface area contributed by atoms with Gasteiger partial charge in [-0.05, 0) is 54.8 Å². The number of nitrogens with one attached hydrogen (secondary N) is 1. The van der Waals surface area contributed by atoms with Crippen LogP contribution in [0.2, 0.25) is 0 Å². The maximum Gasteiger partial charge on any atom is 0.313 e.